The standard InChI is InChI=1S/C25H26FN3O2.C4H4O4/c1-29(15-2-3-16-29)17-14-28-25(30)24-18-20(12-13-27-24)19-4-8-22(9-5-19)31-23-10-6-21(26)7-11-23;5-3(6)1-2-4(7)8/h4-13,18H,2-3,14-17H2,1H3;1-2H,(H,5,6)(H,7,8)/p+1/b;2-1-. The van der Waals surface area contributed by atoms with Gasteiger partial charge in [0, 0.05) is 31.2 Å². The van der Waals surface area contributed by atoms with Crippen LogP contribution in [0.5, 0.6) is 11.5 Å². The van der Waals surface area contributed by atoms with E-state index in [0.717, 1.165) is 22.2 Å². The molecule has 9 nitrogen and oxygen atoms in total. The molecule has 0 radical (unpaired) electrons. The molecular weight excluding hydrogens is 505 g/mol. The first-order valence-electron chi connectivity index (χ1n) is 12.4. The van der Waals surface area contributed by atoms with E-state index < -0.39 is 11.9 Å². The maximum Gasteiger partial charge on any atom is 0.328 e. The number of likely N-dealkylation sites (tertiary alicyclic amines) is 1. The molecule has 2 aromatic carbocycles. The lowest BCUT2D eigenvalue weighted by molar-refractivity contribution is -0.896. The molecule has 1 fully saturated rings. The average molecular weight is 537 g/mol. The Morgan fingerprint density at radius 3 is 2.05 bits per heavy atom. The number of carbonyl (C=O) groups is 3. The van der Waals surface area contributed by atoms with E-state index in [4.69, 9.17) is 14.9 Å². The third-order valence-electron chi connectivity index (χ3n) is 6.18. The maximum absolute atomic E-state index is 13.0. The quantitative estimate of drug-likeness (QED) is 0.274. The van der Waals surface area contributed by atoms with E-state index in [-0.39, 0.29) is 11.7 Å². The average Bonchev–Trinajstić information content (AvgIpc) is 3.36. The predicted molar refractivity (Wildman–Crippen MR) is 143 cm³/mol. The van der Waals surface area contributed by atoms with Crippen LogP contribution in [-0.4, -0.2) is 70.8 Å². The highest BCUT2D eigenvalue weighted by molar-refractivity contribution is 5.93. The minimum Gasteiger partial charge on any atom is -0.478 e. The Kier molecular flexibility index (Phi) is 10.3. The minimum absolute atomic E-state index is 0.149. The summed E-state index contributed by atoms with van der Waals surface area (Å²) in [5.41, 5.74) is 2.28. The summed E-state index contributed by atoms with van der Waals surface area (Å²) in [6.45, 7) is 3.96. The summed E-state index contributed by atoms with van der Waals surface area (Å²) in [6.07, 6.45) is 5.30. The number of aromatic nitrogens is 1. The number of hydrogen-bond acceptors (Lipinski definition) is 5. The van der Waals surface area contributed by atoms with Gasteiger partial charge >= 0.3 is 11.9 Å². The van der Waals surface area contributed by atoms with E-state index in [0.29, 0.717) is 35.9 Å². The highest BCUT2D eigenvalue weighted by Crippen LogP contribution is 2.26. The lowest BCUT2D eigenvalue weighted by Gasteiger charge is -2.29. The highest BCUT2D eigenvalue weighted by Gasteiger charge is 2.26. The summed E-state index contributed by atoms with van der Waals surface area (Å²) in [5, 5.41) is 18.6. The number of nitrogens with one attached hydrogen (secondary N) is 1. The number of amides is 1. The van der Waals surface area contributed by atoms with Gasteiger partial charge in [0.2, 0.25) is 0 Å². The summed E-state index contributed by atoms with van der Waals surface area (Å²) in [4.78, 5) is 35.9. The Bertz CT molecular complexity index is 1290. The van der Waals surface area contributed by atoms with Crippen LogP contribution in [0.25, 0.3) is 11.1 Å². The third kappa shape index (κ3) is 9.67. The topological polar surface area (TPSA) is 126 Å². The van der Waals surface area contributed by atoms with Crippen molar-refractivity contribution in [1.29, 1.82) is 0 Å². The van der Waals surface area contributed by atoms with Crippen LogP contribution >= 0.6 is 0 Å². The molecule has 0 spiro atoms. The molecule has 10 heteroatoms. The Hall–Kier alpha value is -4.57. The second-order valence-corrected chi connectivity index (χ2v) is 9.27. The van der Waals surface area contributed by atoms with E-state index in [2.05, 4.69) is 17.3 Å². The zero-order chi connectivity index (χ0) is 28.3. The van der Waals surface area contributed by atoms with Crippen molar-refractivity contribution >= 4 is 17.8 Å². The number of carbonyl (C=O) groups excluding carboxylic acids is 1. The zero-order valence-electron chi connectivity index (χ0n) is 21.5. The number of halogens is 1. The van der Waals surface area contributed by atoms with Crippen molar-refractivity contribution in [2.45, 2.75) is 12.8 Å². The second kappa shape index (κ2) is 13.8. The molecule has 1 aromatic heterocycles. The summed E-state index contributed by atoms with van der Waals surface area (Å²) >= 11 is 0. The van der Waals surface area contributed by atoms with Gasteiger partial charge in [0.1, 0.15) is 23.0 Å². The normalized spacial score (nSPS) is 13.8. The molecule has 3 aromatic rings. The molecule has 0 atom stereocenters. The first-order valence-corrected chi connectivity index (χ1v) is 12.4. The molecule has 1 aliphatic heterocycles. The Morgan fingerprint density at radius 2 is 1.49 bits per heavy atom. The monoisotopic (exact) mass is 536 g/mol. The molecule has 1 saturated heterocycles. The fourth-order valence-electron chi connectivity index (χ4n) is 4.08. The number of carboxylic acids is 2. The van der Waals surface area contributed by atoms with Gasteiger partial charge in [0.05, 0.1) is 33.2 Å². The van der Waals surface area contributed by atoms with Crippen LogP contribution in [0.2, 0.25) is 0 Å². The van der Waals surface area contributed by atoms with Gasteiger partial charge in [-0.15, -0.1) is 0 Å². The van der Waals surface area contributed by atoms with Gasteiger partial charge < -0.3 is 24.7 Å². The number of likely N-dealkylation sites (N-methyl/N-ethyl adjacent to an activating group) is 1. The number of rotatable bonds is 9. The summed E-state index contributed by atoms with van der Waals surface area (Å²) in [6, 6.07) is 17.1. The van der Waals surface area contributed by atoms with Gasteiger partial charge in [0.15, 0.2) is 0 Å². The molecule has 1 aliphatic rings. The number of nitrogens with zero attached hydrogens (tertiary/aromatic N) is 2. The first kappa shape index (κ1) is 29.0. The lowest BCUT2D eigenvalue weighted by atomic mass is 10.1. The van der Waals surface area contributed by atoms with Crippen molar-refractivity contribution in [2.75, 3.05) is 33.2 Å². The van der Waals surface area contributed by atoms with Gasteiger partial charge in [-0.3, -0.25) is 9.78 Å². The molecule has 4 rings (SSSR count). The van der Waals surface area contributed by atoms with E-state index in [1.54, 1.807) is 24.4 Å². The zero-order valence-corrected chi connectivity index (χ0v) is 21.5. The number of ether oxygens (including phenoxy) is 1. The molecule has 204 valence electrons. The van der Waals surface area contributed by atoms with Crippen molar-refractivity contribution in [1.82, 2.24) is 10.3 Å². The van der Waals surface area contributed by atoms with Crippen LogP contribution in [0.1, 0.15) is 23.3 Å². The number of aliphatic carboxylic acids is 2. The second-order valence-electron chi connectivity index (χ2n) is 9.27. The molecule has 0 aliphatic carbocycles. The van der Waals surface area contributed by atoms with E-state index in [9.17, 15) is 18.8 Å². The van der Waals surface area contributed by atoms with Gasteiger partial charge in [-0.2, -0.15) is 0 Å². The Labute approximate surface area is 225 Å². The molecule has 3 N–H and O–H groups in total. The van der Waals surface area contributed by atoms with Crippen molar-refractivity contribution < 1.29 is 38.2 Å². The molecule has 0 saturated carbocycles. The predicted octanol–water partition coefficient (Wildman–Crippen LogP) is 4.36. The molecule has 2 heterocycles. The Morgan fingerprint density at radius 1 is 0.923 bits per heavy atom. The number of hydrogen-bond donors (Lipinski definition) is 3. The van der Waals surface area contributed by atoms with Gasteiger partial charge in [-0.25, -0.2) is 14.0 Å². The van der Waals surface area contributed by atoms with Crippen LogP contribution < -0.4 is 10.1 Å². The van der Waals surface area contributed by atoms with Crippen LogP contribution in [0, 0.1) is 5.82 Å². The number of carboxylic acid groups (broad SMARTS) is 2. The third-order valence-corrected chi connectivity index (χ3v) is 6.18. The highest BCUT2D eigenvalue weighted by atomic mass is 19.1. The van der Waals surface area contributed by atoms with E-state index in [1.165, 1.54) is 38.1 Å². The summed E-state index contributed by atoms with van der Waals surface area (Å²) in [7, 11) is 2.25. The molecule has 0 bridgehead atoms. The van der Waals surface area contributed by atoms with Crippen LogP contribution in [-0.2, 0) is 9.59 Å². The Balaban J connectivity index is 0.000000459. The van der Waals surface area contributed by atoms with Crippen molar-refractivity contribution in [2.24, 2.45) is 0 Å². The fraction of sp³-hybridized carbons (Fsp3) is 0.241. The summed E-state index contributed by atoms with van der Waals surface area (Å²) < 4.78 is 19.8. The number of quaternary nitrogens is 1. The minimum atomic E-state index is -1.26. The van der Waals surface area contributed by atoms with Crippen molar-refractivity contribution in [3.05, 3.63) is 90.5 Å². The van der Waals surface area contributed by atoms with Gasteiger partial charge in [-0.1, -0.05) is 12.1 Å². The van der Waals surface area contributed by atoms with Gasteiger partial charge in [0.25, 0.3) is 5.91 Å². The number of pyridine rings is 1. The van der Waals surface area contributed by atoms with Crippen molar-refractivity contribution in [3.8, 4) is 22.6 Å². The SMILES string of the molecule is C[N+]1(CCNC(=O)c2cc(-c3ccc(Oc4ccc(F)cc4)cc3)ccn2)CCCC1.O=C(O)/C=C\C(=O)O. The van der Waals surface area contributed by atoms with Crippen LogP contribution in [0.4, 0.5) is 4.39 Å². The fourth-order valence-corrected chi connectivity index (χ4v) is 4.08. The van der Waals surface area contributed by atoms with Gasteiger partial charge in [-0.05, 0) is 59.7 Å². The largest absolute Gasteiger partial charge is 0.478 e. The summed E-state index contributed by atoms with van der Waals surface area (Å²) in [5.74, 6) is -1.74. The molecule has 0 unspecified atom stereocenters. The lowest BCUT2D eigenvalue weighted by Crippen LogP contribution is -2.46. The van der Waals surface area contributed by atoms with Crippen LogP contribution in [0.15, 0.2) is 79.0 Å². The van der Waals surface area contributed by atoms with E-state index >= 15 is 0 Å². The number of benzene rings is 2. The molecule has 39 heavy (non-hydrogen) atoms. The molecular formula is C29H31FN3O6+. The maximum atomic E-state index is 13.0. The van der Waals surface area contributed by atoms with Crippen molar-refractivity contribution in [3.63, 3.8) is 0 Å². The molecule has 1 amide bonds. The smallest absolute Gasteiger partial charge is 0.328 e. The van der Waals surface area contributed by atoms with Crippen LogP contribution in [0.3, 0.4) is 0 Å². The van der Waals surface area contributed by atoms with E-state index in [1.807, 2.05) is 30.3 Å². The first-order chi connectivity index (χ1) is 18.6.